The molecule has 0 spiro atoms. The Morgan fingerprint density at radius 3 is 2.47 bits per heavy atom. The van der Waals surface area contributed by atoms with Crippen LogP contribution in [0.1, 0.15) is 31.4 Å². The summed E-state index contributed by atoms with van der Waals surface area (Å²) in [5.74, 6) is 6.68. The maximum absolute atomic E-state index is 5.61. The smallest absolute Gasteiger partial charge is 0.0341 e. The Kier molecular flexibility index (Phi) is 6.63. The predicted molar refractivity (Wildman–Crippen MR) is 78.2 cm³/mol. The van der Waals surface area contributed by atoms with Crippen molar-refractivity contribution < 1.29 is 0 Å². The van der Waals surface area contributed by atoms with Crippen LogP contribution in [0, 0.1) is 6.92 Å². The van der Waals surface area contributed by atoms with E-state index in [1.807, 2.05) is 11.8 Å². The maximum Gasteiger partial charge on any atom is 0.0341 e. The lowest BCUT2D eigenvalue weighted by molar-refractivity contribution is 0.574. The van der Waals surface area contributed by atoms with Crippen molar-refractivity contribution in [2.45, 2.75) is 44.9 Å². The van der Waals surface area contributed by atoms with Crippen LogP contribution in [0.15, 0.2) is 24.3 Å². The summed E-state index contributed by atoms with van der Waals surface area (Å²) in [6, 6.07) is 9.05. The normalized spacial score (nSPS) is 14.6. The molecule has 1 rings (SSSR count). The number of rotatable bonds is 7. The van der Waals surface area contributed by atoms with Crippen molar-refractivity contribution in [1.29, 1.82) is 0 Å². The average Bonchev–Trinajstić information content (AvgIpc) is 2.36. The highest BCUT2D eigenvalue weighted by Gasteiger charge is 2.09. The van der Waals surface area contributed by atoms with Gasteiger partial charge >= 0.3 is 0 Å². The van der Waals surface area contributed by atoms with E-state index in [9.17, 15) is 0 Å². The van der Waals surface area contributed by atoms with Crippen LogP contribution in [0.5, 0.6) is 0 Å². The van der Waals surface area contributed by atoms with Gasteiger partial charge in [0.15, 0.2) is 0 Å². The minimum absolute atomic E-state index is 0.358. The summed E-state index contributed by atoms with van der Waals surface area (Å²) in [7, 11) is 0. The molecule has 0 aliphatic carbocycles. The molecule has 0 aliphatic rings. The molecule has 0 aliphatic heterocycles. The first-order valence-electron chi connectivity index (χ1n) is 6.29. The average molecular weight is 252 g/mol. The lowest BCUT2D eigenvalue weighted by Gasteiger charge is -2.17. The van der Waals surface area contributed by atoms with Gasteiger partial charge in [0, 0.05) is 17.0 Å². The molecular formula is C14H24N2S. The molecule has 3 heteroatoms. The van der Waals surface area contributed by atoms with Gasteiger partial charge in [-0.2, -0.15) is 11.8 Å². The van der Waals surface area contributed by atoms with E-state index in [0.717, 1.165) is 12.2 Å². The summed E-state index contributed by atoms with van der Waals surface area (Å²) in [6.45, 7) is 6.61. The Bertz CT molecular complexity index is 311. The second kappa shape index (κ2) is 7.75. The van der Waals surface area contributed by atoms with Crippen molar-refractivity contribution in [2.24, 2.45) is 5.84 Å². The number of nitrogens with one attached hydrogen (secondary N) is 1. The van der Waals surface area contributed by atoms with Gasteiger partial charge in [0.2, 0.25) is 0 Å². The summed E-state index contributed by atoms with van der Waals surface area (Å²) in [5, 5.41) is 0.712. The van der Waals surface area contributed by atoms with Crippen molar-refractivity contribution in [3.63, 3.8) is 0 Å². The lowest BCUT2D eigenvalue weighted by atomic mass is 10.1. The number of nitrogens with two attached hydrogens (primary N) is 1. The van der Waals surface area contributed by atoms with Crippen molar-refractivity contribution in [1.82, 2.24) is 5.43 Å². The van der Waals surface area contributed by atoms with Gasteiger partial charge in [0.1, 0.15) is 0 Å². The standard InChI is InChI=1S/C14H24N2S/c1-4-12(3)17-10-14(16-15)9-13-7-5-11(2)6-8-13/h5-8,12,14,16H,4,9-10,15H2,1-3H3. The first kappa shape index (κ1) is 14.6. The number of hydrazine groups is 1. The molecule has 2 nitrogen and oxygen atoms in total. The van der Waals surface area contributed by atoms with E-state index in [2.05, 4.69) is 50.5 Å². The molecule has 0 heterocycles. The van der Waals surface area contributed by atoms with Gasteiger partial charge < -0.3 is 0 Å². The van der Waals surface area contributed by atoms with Crippen LogP contribution < -0.4 is 11.3 Å². The molecule has 1 aromatic carbocycles. The zero-order valence-electron chi connectivity index (χ0n) is 11.1. The van der Waals surface area contributed by atoms with Crippen molar-refractivity contribution in [2.75, 3.05) is 5.75 Å². The summed E-state index contributed by atoms with van der Waals surface area (Å²) < 4.78 is 0. The Labute approximate surface area is 109 Å². The second-order valence-electron chi connectivity index (χ2n) is 4.61. The lowest BCUT2D eigenvalue weighted by Crippen LogP contribution is -2.39. The molecule has 0 saturated heterocycles. The highest BCUT2D eigenvalue weighted by atomic mass is 32.2. The van der Waals surface area contributed by atoms with E-state index in [1.165, 1.54) is 17.5 Å². The van der Waals surface area contributed by atoms with Gasteiger partial charge in [-0.3, -0.25) is 11.3 Å². The van der Waals surface area contributed by atoms with Gasteiger partial charge in [-0.1, -0.05) is 43.7 Å². The molecule has 3 N–H and O–H groups in total. The molecule has 0 radical (unpaired) electrons. The topological polar surface area (TPSA) is 38.0 Å². The van der Waals surface area contributed by atoms with Crippen LogP contribution in [0.4, 0.5) is 0 Å². The predicted octanol–water partition coefficient (Wildman–Crippen LogP) is 2.90. The molecule has 2 atom stereocenters. The van der Waals surface area contributed by atoms with E-state index in [0.29, 0.717) is 11.3 Å². The molecule has 96 valence electrons. The van der Waals surface area contributed by atoms with Crippen LogP contribution in [-0.4, -0.2) is 17.0 Å². The molecule has 0 bridgehead atoms. The fraction of sp³-hybridized carbons (Fsp3) is 0.571. The highest BCUT2D eigenvalue weighted by Crippen LogP contribution is 2.16. The molecular weight excluding hydrogens is 228 g/mol. The minimum atomic E-state index is 0.358. The van der Waals surface area contributed by atoms with Crippen LogP contribution in [0.2, 0.25) is 0 Å². The molecule has 0 fully saturated rings. The van der Waals surface area contributed by atoms with Crippen LogP contribution in [0.3, 0.4) is 0 Å². The van der Waals surface area contributed by atoms with Gasteiger partial charge in [-0.15, -0.1) is 0 Å². The molecule has 1 aromatic rings. The third kappa shape index (κ3) is 5.57. The van der Waals surface area contributed by atoms with E-state index in [1.54, 1.807) is 0 Å². The Balaban J connectivity index is 2.43. The summed E-state index contributed by atoms with van der Waals surface area (Å²) in [5.41, 5.74) is 5.58. The number of aryl methyl sites for hydroxylation is 1. The molecule has 0 aromatic heterocycles. The number of thioether (sulfide) groups is 1. The summed E-state index contributed by atoms with van der Waals surface area (Å²) in [6.07, 6.45) is 2.21. The number of hydrogen-bond acceptors (Lipinski definition) is 3. The molecule has 2 unspecified atom stereocenters. The summed E-state index contributed by atoms with van der Waals surface area (Å²) in [4.78, 5) is 0. The first-order chi connectivity index (χ1) is 8.15. The molecule has 0 amide bonds. The highest BCUT2D eigenvalue weighted by molar-refractivity contribution is 7.99. The van der Waals surface area contributed by atoms with Crippen molar-refractivity contribution >= 4 is 11.8 Å². The van der Waals surface area contributed by atoms with E-state index in [-0.39, 0.29) is 0 Å². The van der Waals surface area contributed by atoms with Crippen LogP contribution in [0.25, 0.3) is 0 Å². The molecule has 17 heavy (non-hydrogen) atoms. The van der Waals surface area contributed by atoms with Crippen LogP contribution >= 0.6 is 11.8 Å². The Morgan fingerprint density at radius 1 is 1.29 bits per heavy atom. The van der Waals surface area contributed by atoms with Gasteiger partial charge in [0.05, 0.1) is 0 Å². The summed E-state index contributed by atoms with van der Waals surface area (Å²) >= 11 is 1.99. The van der Waals surface area contributed by atoms with E-state index < -0.39 is 0 Å². The number of benzene rings is 1. The van der Waals surface area contributed by atoms with Gasteiger partial charge in [-0.05, 0) is 25.3 Å². The number of hydrogen-bond donors (Lipinski definition) is 2. The van der Waals surface area contributed by atoms with Gasteiger partial charge in [0.25, 0.3) is 0 Å². The Hall–Kier alpha value is -0.510. The van der Waals surface area contributed by atoms with Gasteiger partial charge in [-0.25, -0.2) is 0 Å². The third-order valence-corrected chi connectivity index (χ3v) is 4.49. The SMILES string of the molecule is CCC(C)SCC(Cc1ccc(C)cc1)NN. The zero-order chi connectivity index (χ0) is 12.7. The largest absolute Gasteiger partial charge is 0.271 e. The van der Waals surface area contributed by atoms with Crippen molar-refractivity contribution in [3.05, 3.63) is 35.4 Å². The van der Waals surface area contributed by atoms with Crippen LogP contribution in [-0.2, 0) is 6.42 Å². The fourth-order valence-electron chi connectivity index (χ4n) is 1.57. The second-order valence-corrected chi connectivity index (χ2v) is 6.08. The molecule has 0 saturated carbocycles. The monoisotopic (exact) mass is 252 g/mol. The van der Waals surface area contributed by atoms with E-state index in [4.69, 9.17) is 5.84 Å². The first-order valence-corrected chi connectivity index (χ1v) is 7.33. The fourth-order valence-corrected chi connectivity index (χ4v) is 2.58. The Morgan fingerprint density at radius 2 is 1.94 bits per heavy atom. The zero-order valence-corrected chi connectivity index (χ0v) is 11.9. The van der Waals surface area contributed by atoms with E-state index >= 15 is 0 Å². The maximum atomic E-state index is 5.61. The minimum Gasteiger partial charge on any atom is -0.271 e. The van der Waals surface area contributed by atoms with Crippen molar-refractivity contribution in [3.8, 4) is 0 Å². The third-order valence-electron chi connectivity index (χ3n) is 3.00. The quantitative estimate of drug-likeness (QED) is 0.579.